The van der Waals surface area contributed by atoms with Crippen LogP contribution in [0, 0.1) is 12.8 Å². The van der Waals surface area contributed by atoms with Crippen LogP contribution in [0.25, 0.3) is 10.6 Å². The molecule has 1 aromatic carbocycles. The van der Waals surface area contributed by atoms with Crippen LogP contribution < -0.4 is 10.5 Å². The third-order valence-corrected chi connectivity index (χ3v) is 8.73. The molecule has 36 heavy (non-hydrogen) atoms. The Hall–Kier alpha value is -2.62. The van der Waals surface area contributed by atoms with E-state index in [9.17, 15) is 9.59 Å². The maximum absolute atomic E-state index is 13.0. The normalized spacial score (nSPS) is 14.9. The maximum atomic E-state index is 13.0. The molecule has 0 spiro atoms. The number of carbonyl (C=O) groups excluding carboxylic acids is 2. The largest absolute Gasteiger partial charge is 0.494 e. The van der Waals surface area contributed by atoms with Crippen molar-refractivity contribution < 1.29 is 14.3 Å². The summed E-state index contributed by atoms with van der Waals surface area (Å²) in [6.07, 6.45) is 3.23. The molecule has 2 N–H and O–H groups in total. The molecule has 1 amide bonds. The number of aromatic nitrogens is 2. The number of primary amides is 1. The molecular formula is C27H34N4O3S2. The van der Waals surface area contributed by atoms with Crippen LogP contribution in [0.1, 0.15) is 76.5 Å². The molecule has 0 radical (unpaired) electrons. The predicted octanol–water partition coefficient (Wildman–Crippen LogP) is 5.36. The van der Waals surface area contributed by atoms with Crippen molar-refractivity contribution in [2.24, 2.45) is 11.7 Å². The number of hydrogen-bond acceptors (Lipinski definition) is 8. The van der Waals surface area contributed by atoms with Gasteiger partial charge < -0.3 is 15.4 Å². The SMILES string of the molecule is CCOc1ccc(C(N)=O)cc1Cc1nc(-c2sc(C(=O)CC3CCN(C(C)C)CC3)nc2C)cs1. The van der Waals surface area contributed by atoms with Gasteiger partial charge in [0.25, 0.3) is 0 Å². The quantitative estimate of drug-likeness (QED) is 0.357. The first-order chi connectivity index (χ1) is 17.2. The predicted molar refractivity (Wildman–Crippen MR) is 145 cm³/mol. The van der Waals surface area contributed by atoms with E-state index < -0.39 is 5.91 Å². The van der Waals surface area contributed by atoms with Crippen LogP contribution in [0.15, 0.2) is 23.6 Å². The molecule has 1 aliphatic rings. The summed E-state index contributed by atoms with van der Waals surface area (Å²) in [5, 5.41) is 3.48. The van der Waals surface area contributed by atoms with Crippen molar-refractivity contribution in [3.05, 3.63) is 50.4 Å². The van der Waals surface area contributed by atoms with Crippen LogP contribution in [0.2, 0.25) is 0 Å². The van der Waals surface area contributed by atoms with Gasteiger partial charge in [0.1, 0.15) is 5.75 Å². The Morgan fingerprint density at radius 2 is 1.97 bits per heavy atom. The van der Waals surface area contributed by atoms with Gasteiger partial charge in [-0.15, -0.1) is 22.7 Å². The number of nitrogens with zero attached hydrogens (tertiary/aromatic N) is 3. The van der Waals surface area contributed by atoms with Crippen LogP contribution in [-0.2, 0) is 6.42 Å². The van der Waals surface area contributed by atoms with Gasteiger partial charge in [0.2, 0.25) is 5.91 Å². The fourth-order valence-corrected chi connectivity index (χ4v) is 6.46. The number of hydrogen-bond donors (Lipinski definition) is 1. The summed E-state index contributed by atoms with van der Waals surface area (Å²) < 4.78 is 5.74. The minimum absolute atomic E-state index is 0.137. The average molecular weight is 527 g/mol. The molecule has 1 saturated heterocycles. The number of amides is 1. The van der Waals surface area contributed by atoms with E-state index >= 15 is 0 Å². The van der Waals surface area contributed by atoms with Crippen molar-refractivity contribution in [2.45, 2.75) is 59.4 Å². The molecule has 1 aliphatic heterocycles. The van der Waals surface area contributed by atoms with Gasteiger partial charge in [-0.05, 0) is 77.7 Å². The smallest absolute Gasteiger partial charge is 0.248 e. The lowest BCUT2D eigenvalue weighted by molar-refractivity contribution is 0.0911. The molecule has 0 saturated carbocycles. The van der Waals surface area contributed by atoms with E-state index in [4.69, 9.17) is 15.5 Å². The summed E-state index contributed by atoms with van der Waals surface area (Å²) in [6, 6.07) is 5.79. The number of likely N-dealkylation sites (tertiary alicyclic amines) is 1. The molecule has 0 unspecified atom stereocenters. The lowest BCUT2D eigenvalue weighted by Crippen LogP contribution is -2.38. The van der Waals surface area contributed by atoms with E-state index in [1.165, 1.54) is 11.3 Å². The van der Waals surface area contributed by atoms with Gasteiger partial charge in [-0.3, -0.25) is 9.59 Å². The van der Waals surface area contributed by atoms with E-state index in [1.54, 1.807) is 29.5 Å². The van der Waals surface area contributed by atoms with Gasteiger partial charge >= 0.3 is 0 Å². The zero-order valence-electron chi connectivity index (χ0n) is 21.4. The minimum Gasteiger partial charge on any atom is -0.494 e. The van der Waals surface area contributed by atoms with Gasteiger partial charge in [0.05, 0.1) is 27.9 Å². The zero-order chi connectivity index (χ0) is 25.8. The highest BCUT2D eigenvalue weighted by atomic mass is 32.1. The number of benzene rings is 1. The van der Waals surface area contributed by atoms with E-state index in [-0.39, 0.29) is 5.78 Å². The van der Waals surface area contributed by atoms with E-state index in [2.05, 4.69) is 23.7 Å². The first kappa shape index (κ1) is 26.4. The van der Waals surface area contributed by atoms with Crippen molar-refractivity contribution in [3.63, 3.8) is 0 Å². The standard InChI is InChI=1S/C27H34N4O3S2/c1-5-34-23-7-6-19(26(28)33)13-20(23)14-24-30-21(15-35-24)25-17(4)29-27(36-25)22(32)12-18-8-10-31(11-9-18)16(2)3/h6-7,13,15-16,18H,5,8-12,14H2,1-4H3,(H2,28,33). The summed E-state index contributed by atoms with van der Waals surface area (Å²) in [6.45, 7) is 11.0. The van der Waals surface area contributed by atoms with Gasteiger partial charge in [-0.2, -0.15) is 0 Å². The van der Waals surface area contributed by atoms with Crippen molar-refractivity contribution in [1.29, 1.82) is 0 Å². The Bertz CT molecular complexity index is 1230. The summed E-state index contributed by atoms with van der Waals surface area (Å²) in [7, 11) is 0. The van der Waals surface area contributed by atoms with Crippen LogP contribution in [0.4, 0.5) is 0 Å². The Morgan fingerprint density at radius 3 is 2.64 bits per heavy atom. The van der Waals surface area contributed by atoms with Gasteiger partial charge in [-0.1, -0.05) is 0 Å². The second-order valence-corrected chi connectivity index (χ2v) is 11.5. The maximum Gasteiger partial charge on any atom is 0.248 e. The minimum atomic E-state index is -0.470. The van der Waals surface area contributed by atoms with Crippen molar-refractivity contribution in [2.75, 3.05) is 19.7 Å². The number of aryl methyl sites for hydroxylation is 1. The number of rotatable bonds is 10. The highest BCUT2D eigenvalue weighted by Gasteiger charge is 2.25. The summed E-state index contributed by atoms with van der Waals surface area (Å²) in [4.78, 5) is 37.5. The number of nitrogens with two attached hydrogens (primary N) is 1. The van der Waals surface area contributed by atoms with Crippen molar-refractivity contribution in [1.82, 2.24) is 14.9 Å². The van der Waals surface area contributed by atoms with E-state index in [0.29, 0.717) is 42.0 Å². The molecule has 3 aromatic rings. The Kier molecular flexibility index (Phi) is 8.54. The van der Waals surface area contributed by atoms with Gasteiger partial charge in [0, 0.05) is 35.4 Å². The summed E-state index contributed by atoms with van der Waals surface area (Å²) >= 11 is 2.98. The molecule has 0 bridgehead atoms. The lowest BCUT2D eigenvalue weighted by atomic mass is 9.91. The first-order valence-electron chi connectivity index (χ1n) is 12.5. The molecule has 7 nitrogen and oxygen atoms in total. The molecule has 3 heterocycles. The number of thiazole rings is 2. The fourth-order valence-electron chi connectivity index (χ4n) is 4.60. The third-order valence-electron chi connectivity index (χ3n) is 6.66. The number of carbonyl (C=O) groups is 2. The van der Waals surface area contributed by atoms with E-state index in [1.807, 2.05) is 19.2 Å². The van der Waals surface area contributed by atoms with Crippen LogP contribution >= 0.6 is 22.7 Å². The number of ketones is 1. The highest BCUT2D eigenvalue weighted by molar-refractivity contribution is 7.17. The molecule has 192 valence electrons. The molecular weight excluding hydrogens is 492 g/mol. The van der Waals surface area contributed by atoms with E-state index in [0.717, 1.165) is 58.5 Å². The molecule has 2 aromatic heterocycles. The van der Waals surface area contributed by atoms with Gasteiger partial charge in [0.15, 0.2) is 10.8 Å². The van der Waals surface area contributed by atoms with Crippen molar-refractivity contribution >= 4 is 34.4 Å². The fraction of sp³-hybridized carbons (Fsp3) is 0.481. The molecule has 0 atom stereocenters. The number of Topliss-reactive ketones (excluding diaryl/α,β-unsaturated/α-hetero) is 1. The number of ether oxygens (including phenoxy) is 1. The number of piperidine rings is 1. The van der Waals surface area contributed by atoms with Crippen LogP contribution in [0.3, 0.4) is 0 Å². The molecule has 0 aliphatic carbocycles. The average Bonchev–Trinajstić information content (AvgIpc) is 3.47. The van der Waals surface area contributed by atoms with Crippen LogP contribution in [-0.4, -0.2) is 52.3 Å². The van der Waals surface area contributed by atoms with Crippen molar-refractivity contribution in [3.8, 4) is 16.3 Å². The second-order valence-electron chi connectivity index (χ2n) is 9.56. The van der Waals surface area contributed by atoms with Crippen LogP contribution in [0.5, 0.6) is 5.75 Å². The molecule has 1 fully saturated rings. The second kappa shape index (κ2) is 11.6. The zero-order valence-corrected chi connectivity index (χ0v) is 23.0. The Balaban J connectivity index is 1.46. The topological polar surface area (TPSA) is 98.4 Å². The lowest BCUT2D eigenvalue weighted by Gasteiger charge is -2.34. The third kappa shape index (κ3) is 6.19. The summed E-state index contributed by atoms with van der Waals surface area (Å²) in [5.74, 6) is 0.821. The highest BCUT2D eigenvalue weighted by Crippen LogP contribution is 2.34. The monoisotopic (exact) mass is 526 g/mol. The molecule has 9 heteroatoms. The Labute approximate surface area is 220 Å². The summed E-state index contributed by atoms with van der Waals surface area (Å²) in [5.41, 5.74) is 8.45. The molecule has 4 rings (SSSR count). The Morgan fingerprint density at radius 1 is 1.22 bits per heavy atom. The van der Waals surface area contributed by atoms with Gasteiger partial charge in [-0.25, -0.2) is 9.97 Å². The first-order valence-corrected chi connectivity index (χ1v) is 14.2.